The molecule has 8 heteroatoms. The number of aromatic nitrogens is 2. The van der Waals surface area contributed by atoms with E-state index < -0.39 is 6.16 Å². The Hall–Kier alpha value is -3.39. The summed E-state index contributed by atoms with van der Waals surface area (Å²) in [6, 6.07) is 15.8. The van der Waals surface area contributed by atoms with Gasteiger partial charge in [-0.3, -0.25) is 0 Å². The smallest absolute Gasteiger partial charge is 0.503 e. The zero-order chi connectivity index (χ0) is 22.5. The van der Waals surface area contributed by atoms with E-state index in [0.29, 0.717) is 12.5 Å². The van der Waals surface area contributed by atoms with Crippen LogP contribution in [0.15, 0.2) is 48.5 Å². The maximum absolute atomic E-state index is 9.51. The van der Waals surface area contributed by atoms with Crippen molar-refractivity contribution in [3.63, 3.8) is 0 Å². The quantitative estimate of drug-likeness (QED) is 0.282. The van der Waals surface area contributed by atoms with Crippen molar-refractivity contribution in [2.75, 3.05) is 5.32 Å². The molecular formula is C24H25N3O4S. The van der Waals surface area contributed by atoms with Crippen LogP contribution < -0.4 is 5.32 Å². The first-order valence-corrected chi connectivity index (χ1v) is 11.5. The zero-order valence-electron chi connectivity index (χ0n) is 17.5. The highest BCUT2D eigenvalue weighted by atomic mass is 32.1. The number of rotatable bonds is 4. The molecule has 0 saturated heterocycles. The number of carboxylic acid groups (broad SMARTS) is 2. The molecule has 1 aliphatic carbocycles. The van der Waals surface area contributed by atoms with Gasteiger partial charge in [0.1, 0.15) is 22.2 Å². The van der Waals surface area contributed by atoms with E-state index in [2.05, 4.69) is 29.6 Å². The zero-order valence-corrected chi connectivity index (χ0v) is 18.3. The van der Waals surface area contributed by atoms with Crippen LogP contribution in [0.4, 0.5) is 10.6 Å². The molecule has 2 aromatic heterocycles. The molecule has 32 heavy (non-hydrogen) atoms. The van der Waals surface area contributed by atoms with E-state index in [9.17, 15) is 5.11 Å². The molecule has 4 aromatic rings. The monoisotopic (exact) mass is 451 g/mol. The van der Waals surface area contributed by atoms with E-state index >= 15 is 0 Å². The second-order valence-electron chi connectivity index (χ2n) is 7.85. The number of nitrogens with zero attached hydrogens (tertiary/aromatic N) is 2. The average Bonchev–Trinajstić information content (AvgIpc) is 3.17. The predicted molar refractivity (Wildman–Crippen MR) is 127 cm³/mol. The number of hydrogen-bond donors (Lipinski definition) is 4. The maximum Gasteiger partial charge on any atom is 0.503 e. The van der Waals surface area contributed by atoms with Gasteiger partial charge in [-0.2, -0.15) is 0 Å². The average molecular weight is 452 g/mol. The summed E-state index contributed by atoms with van der Waals surface area (Å²) in [5.74, 6) is 2.68. The molecular weight excluding hydrogens is 426 g/mol. The van der Waals surface area contributed by atoms with E-state index in [1.165, 1.54) is 42.2 Å². The van der Waals surface area contributed by atoms with Crippen molar-refractivity contribution in [1.82, 2.24) is 9.97 Å². The Morgan fingerprint density at radius 1 is 1.00 bits per heavy atom. The fourth-order valence-corrected chi connectivity index (χ4v) is 5.19. The molecule has 0 unspecified atom stereocenters. The summed E-state index contributed by atoms with van der Waals surface area (Å²) >= 11 is 1.75. The number of thiophene rings is 1. The summed E-state index contributed by atoms with van der Waals surface area (Å²) in [6.07, 6.45) is 4.42. The van der Waals surface area contributed by atoms with Crippen LogP contribution in [-0.4, -0.2) is 31.4 Å². The first kappa shape index (κ1) is 21.8. The highest BCUT2D eigenvalue weighted by Gasteiger charge is 2.21. The van der Waals surface area contributed by atoms with Crippen LogP contribution in [0.5, 0.6) is 5.75 Å². The number of nitrogens with one attached hydrogen (secondary N) is 1. The third-order valence-electron chi connectivity index (χ3n) is 5.62. The van der Waals surface area contributed by atoms with Crippen molar-refractivity contribution in [2.24, 2.45) is 0 Å². The van der Waals surface area contributed by atoms with Crippen molar-refractivity contribution < 1.29 is 20.1 Å². The van der Waals surface area contributed by atoms with Crippen LogP contribution >= 0.6 is 11.3 Å². The molecule has 0 radical (unpaired) electrons. The molecule has 2 heterocycles. The molecule has 0 amide bonds. The summed E-state index contributed by atoms with van der Waals surface area (Å²) in [7, 11) is 0. The largest absolute Gasteiger partial charge is 0.508 e. The highest BCUT2D eigenvalue weighted by Crippen LogP contribution is 2.39. The topological polar surface area (TPSA) is 116 Å². The van der Waals surface area contributed by atoms with Gasteiger partial charge in [-0.15, -0.1) is 11.3 Å². The van der Waals surface area contributed by atoms with E-state index in [1.54, 1.807) is 23.5 Å². The van der Waals surface area contributed by atoms with Crippen LogP contribution in [0, 0.1) is 0 Å². The van der Waals surface area contributed by atoms with Gasteiger partial charge in [0.05, 0.1) is 5.39 Å². The van der Waals surface area contributed by atoms with Crippen LogP contribution in [0.1, 0.15) is 49.4 Å². The van der Waals surface area contributed by atoms with Crippen LogP contribution in [0.2, 0.25) is 0 Å². The van der Waals surface area contributed by atoms with Gasteiger partial charge >= 0.3 is 6.16 Å². The molecule has 0 aliphatic heterocycles. The van der Waals surface area contributed by atoms with Gasteiger partial charge in [-0.05, 0) is 36.6 Å². The lowest BCUT2D eigenvalue weighted by atomic mass is 9.88. The first-order chi connectivity index (χ1) is 15.5. The van der Waals surface area contributed by atoms with Gasteiger partial charge in [0.25, 0.3) is 0 Å². The minimum atomic E-state index is -1.83. The van der Waals surface area contributed by atoms with Gasteiger partial charge in [0, 0.05) is 22.5 Å². The summed E-state index contributed by atoms with van der Waals surface area (Å²) in [5.41, 5.74) is 1.11. The number of anilines is 1. The minimum absolute atomic E-state index is 0.289. The number of carbonyl (C=O) groups is 1. The molecule has 166 valence electrons. The van der Waals surface area contributed by atoms with Crippen molar-refractivity contribution >= 4 is 43.6 Å². The Morgan fingerprint density at radius 2 is 1.69 bits per heavy atom. The molecule has 2 aromatic carbocycles. The number of phenolic OH excluding ortho intramolecular Hbond substituents is 1. The van der Waals surface area contributed by atoms with Crippen molar-refractivity contribution in [3.05, 3.63) is 59.9 Å². The molecule has 5 rings (SSSR count). The summed E-state index contributed by atoms with van der Waals surface area (Å²) < 4.78 is 1.25. The lowest BCUT2D eigenvalue weighted by molar-refractivity contribution is 0.137. The maximum atomic E-state index is 9.51. The predicted octanol–water partition coefficient (Wildman–Crippen LogP) is 6.43. The highest BCUT2D eigenvalue weighted by molar-refractivity contribution is 7.25. The third kappa shape index (κ3) is 5.08. The molecule has 7 nitrogen and oxygen atoms in total. The standard InChI is InChI=1S/C23H23N3OS.CH2O3/c27-17-12-10-15(11-13-17)14-24-22-20-18-8-4-5-9-19(18)28-23(20)26-21(25-22)16-6-2-1-3-7-16;2-1(3)4/h4-5,8-13,16,27H,1-3,6-7,14H2,(H,24,25,26);(H2,2,3,4). The number of aromatic hydroxyl groups is 1. The number of fused-ring (bicyclic) bond motifs is 3. The summed E-state index contributed by atoms with van der Waals surface area (Å²) in [4.78, 5) is 19.6. The second kappa shape index (κ2) is 9.82. The van der Waals surface area contributed by atoms with Crippen molar-refractivity contribution in [1.29, 1.82) is 0 Å². The van der Waals surface area contributed by atoms with Gasteiger partial charge < -0.3 is 20.6 Å². The Morgan fingerprint density at radius 3 is 2.41 bits per heavy atom. The van der Waals surface area contributed by atoms with E-state index in [0.717, 1.165) is 27.4 Å². The van der Waals surface area contributed by atoms with E-state index in [-0.39, 0.29) is 5.75 Å². The Labute approximate surface area is 189 Å². The normalized spacial score (nSPS) is 14.1. The van der Waals surface area contributed by atoms with Crippen molar-refractivity contribution in [2.45, 2.75) is 44.6 Å². The first-order valence-electron chi connectivity index (χ1n) is 10.6. The fourth-order valence-electron chi connectivity index (χ4n) is 4.11. The molecule has 1 saturated carbocycles. The van der Waals surface area contributed by atoms with Crippen LogP contribution in [0.3, 0.4) is 0 Å². The van der Waals surface area contributed by atoms with E-state index in [4.69, 9.17) is 25.0 Å². The lowest BCUT2D eigenvalue weighted by Crippen LogP contribution is -2.11. The minimum Gasteiger partial charge on any atom is -0.508 e. The molecule has 0 spiro atoms. The van der Waals surface area contributed by atoms with E-state index in [1.807, 2.05) is 12.1 Å². The van der Waals surface area contributed by atoms with Crippen LogP contribution in [-0.2, 0) is 6.54 Å². The van der Waals surface area contributed by atoms with Gasteiger partial charge in [-0.25, -0.2) is 14.8 Å². The molecule has 1 fully saturated rings. The second-order valence-corrected chi connectivity index (χ2v) is 8.88. The fraction of sp³-hybridized carbons (Fsp3) is 0.292. The lowest BCUT2D eigenvalue weighted by Gasteiger charge is -2.21. The molecule has 4 N–H and O–H groups in total. The summed E-state index contributed by atoms with van der Waals surface area (Å²) in [6.45, 7) is 0.667. The number of benzene rings is 2. The number of hydrogen-bond acceptors (Lipinski definition) is 6. The Balaban J connectivity index is 0.000000567. The Kier molecular flexibility index (Phi) is 6.70. The molecule has 0 atom stereocenters. The summed E-state index contributed by atoms with van der Waals surface area (Å²) in [5, 5.41) is 29.4. The van der Waals surface area contributed by atoms with Crippen LogP contribution in [0.25, 0.3) is 20.3 Å². The van der Waals surface area contributed by atoms with Gasteiger partial charge in [0.2, 0.25) is 0 Å². The Bertz CT molecular complexity index is 1210. The van der Waals surface area contributed by atoms with Gasteiger partial charge in [-0.1, -0.05) is 49.6 Å². The van der Waals surface area contributed by atoms with Crippen molar-refractivity contribution in [3.8, 4) is 5.75 Å². The molecule has 1 aliphatic rings. The SMILES string of the molecule is O=C(O)O.Oc1ccc(CNc2nc(C3CCCCC3)nc3sc4ccccc4c23)cc1. The van der Waals surface area contributed by atoms with Gasteiger partial charge in [0.15, 0.2) is 0 Å². The number of phenols is 1. The third-order valence-corrected chi connectivity index (χ3v) is 6.69. The molecule has 0 bridgehead atoms.